The Morgan fingerprint density at radius 2 is 1.77 bits per heavy atom. The van der Waals surface area contributed by atoms with Gasteiger partial charge in [0.25, 0.3) is 0 Å². The Morgan fingerprint density at radius 1 is 0.857 bits per heavy atom. The molecule has 0 saturated carbocycles. The van der Waals surface area contributed by atoms with E-state index in [9.17, 15) is 0 Å². The predicted molar refractivity (Wildman–Crippen MR) is 141 cm³/mol. The highest BCUT2D eigenvalue weighted by molar-refractivity contribution is 6.00. The van der Waals surface area contributed by atoms with E-state index in [0.717, 1.165) is 62.9 Å². The van der Waals surface area contributed by atoms with Gasteiger partial charge in [0.15, 0.2) is 5.82 Å². The number of hydrogen-bond donors (Lipinski definition) is 2. The van der Waals surface area contributed by atoms with Gasteiger partial charge < -0.3 is 9.88 Å². The van der Waals surface area contributed by atoms with Crippen LogP contribution in [0.1, 0.15) is 18.4 Å². The van der Waals surface area contributed by atoms with Gasteiger partial charge in [0.1, 0.15) is 5.69 Å². The van der Waals surface area contributed by atoms with Crippen LogP contribution in [0, 0.1) is 0 Å². The van der Waals surface area contributed by atoms with E-state index in [1.807, 2.05) is 18.5 Å². The molecule has 0 bridgehead atoms. The van der Waals surface area contributed by atoms with E-state index in [-0.39, 0.29) is 0 Å². The molecule has 1 aliphatic rings. The summed E-state index contributed by atoms with van der Waals surface area (Å²) in [6, 6.07) is 21.2. The van der Waals surface area contributed by atoms with E-state index < -0.39 is 0 Å². The lowest BCUT2D eigenvalue weighted by Crippen LogP contribution is -2.21. The van der Waals surface area contributed by atoms with E-state index in [1.54, 1.807) is 0 Å². The minimum absolute atomic E-state index is 0.799. The van der Waals surface area contributed by atoms with Crippen molar-refractivity contribution in [2.24, 2.45) is 0 Å². The Hall–Kier alpha value is -4.03. The van der Waals surface area contributed by atoms with E-state index in [2.05, 4.69) is 79.7 Å². The van der Waals surface area contributed by atoms with Crippen LogP contribution in [0.3, 0.4) is 0 Å². The number of pyridine rings is 1. The molecule has 0 unspecified atom stereocenters. The van der Waals surface area contributed by atoms with Gasteiger partial charge in [0, 0.05) is 35.3 Å². The number of H-pyrrole nitrogens is 2. The summed E-state index contributed by atoms with van der Waals surface area (Å²) in [6.45, 7) is 3.53. The molecule has 6 aromatic rings. The third kappa shape index (κ3) is 3.58. The average molecular weight is 459 g/mol. The summed E-state index contributed by atoms with van der Waals surface area (Å²) < 4.78 is 0. The molecule has 1 saturated heterocycles. The number of rotatable bonds is 5. The van der Waals surface area contributed by atoms with Crippen LogP contribution < -0.4 is 0 Å². The molecule has 1 aliphatic heterocycles. The zero-order valence-electron chi connectivity index (χ0n) is 19.5. The van der Waals surface area contributed by atoms with Crippen molar-refractivity contribution in [1.29, 1.82) is 0 Å². The number of nitrogens with one attached hydrogen (secondary N) is 2. The summed E-state index contributed by atoms with van der Waals surface area (Å²) >= 11 is 0. The summed E-state index contributed by atoms with van der Waals surface area (Å²) in [5, 5.41) is 11.2. The van der Waals surface area contributed by atoms with Crippen LogP contribution in [0.25, 0.3) is 55.4 Å². The summed E-state index contributed by atoms with van der Waals surface area (Å²) in [4.78, 5) is 15.6. The SMILES string of the molecule is c1ccc2c(-c3ccc4[nH]nc(-c5nc6c(CCN7CCCC7)cccc6[nH]5)c4c3)cncc2c1. The van der Waals surface area contributed by atoms with Gasteiger partial charge in [-0.1, -0.05) is 42.5 Å². The van der Waals surface area contributed by atoms with Crippen molar-refractivity contribution in [1.82, 2.24) is 30.0 Å². The van der Waals surface area contributed by atoms with Gasteiger partial charge in [-0.2, -0.15) is 5.10 Å². The number of aromatic amines is 2. The topological polar surface area (TPSA) is 73.5 Å². The second-order valence-electron chi connectivity index (χ2n) is 9.44. The number of likely N-dealkylation sites (tertiary alicyclic amines) is 1. The zero-order chi connectivity index (χ0) is 23.2. The van der Waals surface area contributed by atoms with Crippen LogP contribution in [-0.4, -0.2) is 49.7 Å². The zero-order valence-corrected chi connectivity index (χ0v) is 19.5. The number of nitrogens with zero attached hydrogens (tertiary/aromatic N) is 4. The van der Waals surface area contributed by atoms with Crippen LogP contribution in [-0.2, 0) is 6.42 Å². The normalized spacial score (nSPS) is 14.5. The minimum Gasteiger partial charge on any atom is -0.337 e. The Morgan fingerprint density at radius 3 is 2.71 bits per heavy atom. The number of benzene rings is 3. The molecular weight excluding hydrogens is 432 g/mol. The summed E-state index contributed by atoms with van der Waals surface area (Å²) in [5.74, 6) is 0.799. The van der Waals surface area contributed by atoms with Gasteiger partial charge in [-0.3, -0.25) is 10.1 Å². The molecule has 6 nitrogen and oxygen atoms in total. The summed E-state index contributed by atoms with van der Waals surface area (Å²) in [6.07, 6.45) is 7.51. The fraction of sp³-hybridized carbons (Fsp3) is 0.207. The van der Waals surface area contributed by atoms with Crippen molar-refractivity contribution in [3.8, 4) is 22.6 Å². The minimum atomic E-state index is 0.799. The molecule has 3 aromatic heterocycles. The van der Waals surface area contributed by atoms with Crippen LogP contribution in [0.15, 0.2) is 73.1 Å². The molecule has 0 aliphatic carbocycles. The van der Waals surface area contributed by atoms with Crippen molar-refractivity contribution in [3.63, 3.8) is 0 Å². The molecule has 172 valence electrons. The van der Waals surface area contributed by atoms with Gasteiger partial charge in [-0.05, 0) is 67.1 Å². The molecule has 6 heteroatoms. The lowest BCUT2D eigenvalue weighted by atomic mass is 9.99. The molecule has 0 radical (unpaired) electrons. The molecule has 4 heterocycles. The third-order valence-corrected chi connectivity index (χ3v) is 7.26. The Balaban J connectivity index is 1.29. The van der Waals surface area contributed by atoms with Crippen LogP contribution >= 0.6 is 0 Å². The predicted octanol–water partition coefficient (Wildman–Crippen LogP) is 5.96. The molecule has 1 fully saturated rings. The van der Waals surface area contributed by atoms with Gasteiger partial charge in [-0.15, -0.1) is 0 Å². The largest absolute Gasteiger partial charge is 0.337 e. The van der Waals surface area contributed by atoms with Crippen LogP contribution in [0.2, 0.25) is 0 Å². The first kappa shape index (κ1) is 20.4. The molecule has 7 rings (SSSR count). The number of hydrogen-bond acceptors (Lipinski definition) is 4. The fourth-order valence-corrected chi connectivity index (χ4v) is 5.40. The second-order valence-corrected chi connectivity index (χ2v) is 9.44. The van der Waals surface area contributed by atoms with Gasteiger partial charge >= 0.3 is 0 Å². The van der Waals surface area contributed by atoms with E-state index in [1.165, 1.54) is 36.9 Å². The van der Waals surface area contributed by atoms with Crippen molar-refractivity contribution in [2.45, 2.75) is 19.3 Å². The highest BCUT2D eigenvalue weighted by Crippen LogP contribution is 2.33. The number of aromatic nitrogens is 5. The fourth-order valence-electron chi connectivity index (χ4n) is 5.40. The van der Waals surface area contributed by atoms with Crippen LogP contribution in [0.5, 0.6) is 0 Å². The first-order valence-electron chi connectivity index (χ1n) is 12.3. The van der Waals surface area contributed by atoms with Gasteiger partial charge in [0.05, 0.1) is 16.6 Å². The van der Waals surface area contributed by atoms with E-state index in [0.29, 0.717) is 0 Å². The van der Waals surface area contributed by atoms with Crippen molar-refractivity contribution >= 4 is 32.7 Å². The average Bonchev–Trinajstić information content (AvgIpc) is 3.66. The molecular formula is C29H26N6. The maximum Gasteiger partial charge on any atom is 0.159 e. The first-order valence-corrected chi connectivity index (χ1v) is 12.3. The molecule has 0 atom stereocenters. The quantitative estimate of drug-likeness (QED) is 0.334. The van der Waals surface area contributed by atoms with E-state index >= 15 is 0 Å². The molecule has 0 amide bonds. The molecule has 2 N–H and O–H groups in total. The van der Waals surface area contributed by atoms with Crippen molar-refractivity contribution in [2.75, 3.05) is 19.6 Å². The Labute approximate surface area is 203 Å². The van der Waals surface area contributed by atoms with E-state index in [4.69, 9.17) is 4.98 Å². The third-order valence-electron chi connectivity index (χ3n) is 7.26. The molecule has 35 heavy (non-hydrogen) atoms. The lowest BCUT2D eigenvalue weighted by Gasteiger charge is -2.14. The lowest BCUT2D eigenvalue weighted by molar-refractivity contribution is 0.344. The highest BCUT2D eigenvalue weighted by atomic mass is 15.1. The maximum absolute atomic E-state index is 5.03. The summed E-state index contributed by atoms with van der Waals surface area (Å²) in [7, 11) is 0. The first-order chi connectivity index (χ1) is 17.3. The van der Waals surface area contributed by atoms with Gasteiger partial charge in [-0.25, -0.2) is 4.98 Å². The monoisotopic (exact) mass is 458 g/mol. The second kappa shape index (κ2) is 8.32. The van der Waals surface area contributed by atoms with Crippen molar-refractivity contribution < 1.29 is 0 Å². The van der Waals surface area contributed by atoms with Gasteiger partial charge in [0.2, 0.25) is 0 Å². The molecule has 0 spiro atoms. The summed E-state index contributed by atoms with van der Waals surface area (Å²) in [5.41, 5.74) is 7.47. The number of fused-ring (bicyclic) bond motifs is 3. The van der Waals surface area contributed by atoms with Crippen LogP contribution in [0.4, 0.5) is 0 Å². The Bertz CT molecular complexity index is 1670. The standard InChI is InChI=1S/C29H26N6/c1-2-8-22-21(6-1)17-30-18-24(22)20-10-11-25-23(16-20)28(34-33-25)29-31-26-9-5-7-19(27(26)32-29)12-15-35-13-3-4-14-35/h1-2,5-11,16-18H,3-4,12-15H2,(H,31,32)(H,33,34). The Kier molecular flexibility index (Phi) is 4.84. The van der Waals surface area contributed by atoms with Crippen molar-refractivity contribution in [3.05, 3.63) is 78.6 Å². The highest BCUT2D eigenvalue weighted by Gasteiger charge is 2.17. The maximum atomic E-state index is 5.03. The number of imidazole rings is 1. The smallest absolute Gasteiger partial charge is 0.159 e. The number of para-hydroxylation sites is 1. The molecule has 3 aromatic carbocycles.